The number of rotatable bonds is 3. The smallest absolute Gasteiger partial charge is 0.0798 e. The molecule has 2 heterocycles. The van der Waals surface area contributed by atoms with E-state index < -0.39 is 0 Å². The molecule has 1 atom stereocenters. The van der Waals surface area contributed by atoms with Crippen LogP contribution in [0.3, 0.4) is 0 Å². The molecule has 5 heteroatoms. The minimum absolute atomic E-state index is 0.278. The first kappa shape index (κ1) is 9.21. The van der Waals surface area contributed by atoms with Gasteiger partial charge in [-0.2, -0.15) is 5.10 Å². The molecule has 2 rings (SSSR count). The average molecular weight is 208 g/mol. The highest BCUT2D eigenvalue weighted by Crippen LogP contribution is 2.24. The molecule has 4 nitrogen and oxygen atoms in total. The zero-order chi connectivity index (χ0) is 9.97. The Balaban J connectivity index is 2.10. The van der Waals surface area contributed by atoms with Crippen LogP contribution in [0.4, 0.5) is 5.69 Å². The standard InChI is InChI=1S/C9H12N4S/c1-6-9(14-5-10-6)7(2)13-8-3-11-12-4-8/h3-5,7,13H,1-2H3,(H,11,12). The first-order chi connectivity index (χ1) is 6.77. The number of nitrogens with one attached hydrogen (secondary N) is 2. The predicted molar refractivity (Wildman–Crippen MR) is 57.5 cm³/mol. The van der Waals surface area contributed by atoms with Crippen LogP contribution in [0.15, 0.2) is 17.9 Å². The number of aromatic nitrogens is 3. The molecular weight excluding hydrogens is 196 g/mol. The van der Waals surface area contributed by atoms with Crippen molar-refractivity contribution in [3.63, 3.8) is 0 Å². The zero-order valence-electron chi connectivity index (χ0n) is 8.11. The van der Waals surface area contributed by atoms with E-state index in [4.69, 9.17) is 0 Å². The molecule has 0 aliphatic heterocycles. The van der Waals surface area contributed by atoms with Crippen molar-refractivity contribution in [2.75, 3.05) is 5.32 Å². The van der Waals surface area contributed by atoms with Gasteiger partial charge in [-0.15, -0.1) is 11.3 Å². The Bertz CT molecular complexity index is 393. The Morgan fingerprint density at radius 1 is 1.57 bits per heavy atom. The van der Waals surface area contributed by atoms with Crippen LogP contribution >= 0.6 is 11.3 Å². The Morgan fingerprint density at radius 3 is 3.00 bits per heavy atom. The lowest BCUT2D eigenvalue weighted by Crippen LogP contribution is -2.05. The maximum absolute atomic E-state index is 4.22. The van der Waals surface area contributed by atoms with Gasteiger partial charge in [-0.1, -0.05) is 0 Å². The van der Waals surface area contributed by atoms with Crippen molar-refractivity contribution < 1.29 is 0 Å². The summed E-state index contributed by atoms with van der Waals surface area (Å²) in [4.78, 5) is 5.49. The Labute approximate surface area is 86.4 Å². The molecule has 2 aromatic heterocycles. The van der Waals surface area contributed by atoms with Crippen LogP contribution in [-0.4, -0.2) is 15.2 Å². The topological polar surface area (TPSA) is 53.6 Å². The molecular formula is C9H12N4S. The van der Waals surface area contributed by atoms with Crippen LogP contribution in [0.2, 0.25) is 0 Å². The van der Waals surface area contributed by atoms with Crippen LogP contribution in [0.25, 0.3) is 0 Å². The van der Waals surface area contributed by atoms with Gasteiger partial charge < -0.3 is 5.32 Å². The summed E-state index contributed by atoms with van der Waals surface area (Å²) in [5.74, 6) is 0. The fourth-order valence-electron chi connectivity index (χ4n) is 1.37. The molecule has 0 fully saturated rings. The third kappa shape index (κ3) is 1.77. The van der Waals surface area contributed by atoms with E-state index in [-0.39, 0.29) is 6.04 Å². The lowest BCUT2D eigenvalue weighted by atomic mass is 10.2. The van der Waals surface area contributed by atoms with Gasteiger partial charge in [-0.05, 0) is 13.8 Å². The van der Waals surface area contributed by atoms with Gasteiger partial charge in [-0.3, -0.25) is 5.10 Å². The highest BCUT2D eigenvalue weighted by molar-refractivity contribution is 7.09. The largest absolute Gasteiger partial charge is 0.375 e. The van der Waals surface area contributed by atoms with Crippen LogP contribution in [-0.2, 0) is 0 Å². The van der Waals surface area contributed by atoms with Gasteiger partial charge >= 0.3 is 0 Å². The molecule has 0 aromatic carbocycles. The molecule has 0 aliphatic carbocycles. The summed E-state index contributed by atoms with van der Waals surface area (Å²) >= 11 is 1.68. The molecule has 0 saturated heterocycles. The summed E-state index contributed by atoms with van der Waals surface area (Å²) in [6.07, 6.45) is 3.61. The van der Waals surface area contributed by atoms with Crippen molar-refractivity contribution in [1.82, 2.24) is 15.2 Å². The van der Waals surface area contributed by atoms with Crippen molar-refractivity contribution in [2.24, 2.45) is 0 Å². The molecule has 0 radical (unpaired) electrons. The van der Waals surface area contributed by atoms with Crippen molar-refractivity contribution in [3.05, 3.63) is 28.5 Å². The first-order valence-electron chi connectivity index (χ1n) is 4.42. The normalized spacial score (nSPS) is 12.7. The van der Waals surface area contributed by atoms with E-state index in [1.54, 1.807) is 17.5 Å². The zero-order valence-corrected chi connectivity index (χ0v) is 8.93. The molecule has 2 N–H and O–H groups in total. The quantitative estimate of drug-likeness (QED) is 0.814. The van der Waals surface area contributed by atoms with Crippen molar-refractivity contribution >= 4 is 17.0 Å². The average Bonchev–Trinajstić information content (AvgIpc) is 2.75. The van der Waals surface area contributed by atoms with Gasteiger partial charge in [0, 0.05) is 11.1 Å². The molecule has 0 amide bonds. The van der Waals surface area contributed by atoms with Gasteiger partial charge in [-0.25, -0.2) is 4.98 Å². The third-order valence-electron chi connectivity index (χ3n) is 2.06. The Hall–Kier alpha value is -1.36. The second-order valence-electron chi connectivity index (χ2n) is 3.16. The number of aryl methyl sites for hydroxylation is 1. The Morgan fingerprint density at radius 2 is 2.43 bits per heavy atom. The second kappa shape index (κ2) is 3.79. The van der Waals surface area contributed by atoms with Crippen LogP contribution < -0.4 is 5.32 Å². The van der Waals surface area contributed by atoms with Crippen LogP contribution in [0.5, 0.6) is 0 Å². The number of hydrogen-bond donors (Lipinski definition) is 2. The maximum Gasteiger partial charge on any atom is 0.0798 e. The minimum atomic E-state index is 0.278. The molecule has 1 unspecified atom stereocenters. The second-order valence-corrected chi connectivity index (χ2v) is 4.04. The molecule has 0 aliphatic rings. The molecule has 74 valence electrons. The van der Waals surface area contributed by atoms with Crippen LogP contribution in [0.1, 0.15) is 23.5 Å². The third-order valence-corrected chi connectivity index (χ3v) is 3.17. The van der Waals surface area contributed by atoms with E-state index in [1.165, 1.54) is 4.88 Å². The monoisotopic (exact) mass is 208 g/mol. The summed E-state index contributed by atoms with van der Waals surface area (Å²) in [5, 5.41) is 9.99. The fraction of sp³-hybridized carbons (Fsp3) is 0.333. The summed E-state index contributed by atoms with van der Waals surface area (Å²) in [6, 6.07) is 0.278. The van der Waals surface area contributed by atoms with Crippen molar-refractivity contribution in [2.45, 2.75) is 19.9 Å². The molecule has 0 bridgehead atoms. The minimum Gasteiger partial charge on any atom is -0.375 e. The Kier molecular flexibility index (Phi) is 2.49. The molecule has 14 heavy (non-hydrogen) atoms. The summed E-state index contributed by atoms with van der Waals surface area (Å²) in [7, 11) is 0. The summed E-state index contributed by atoms with van der Waals surface area (Å²) in [6.45, 7) is 4.15. The number of H-pyrrole nitrogens is 1. The lowest BCUT2D eigenvalue weighted by Gasteiger charge is -2.11. The molecule has 2 aromatic rings. The highest BCUT2D eigenvalue weighted by atomic mass is 32.1. The van der Waals surface area contributed by atoms with Crippen molar-refractivity contribution in [3.8, 4) is 0 Å². The van der Waals surface area contributed by atoms with E-state index in [9.17, 15) is 0 Å². The number of thiazole rings is 1. The fourth-order valence-corrected chi connectivity index (χ4v) is 2.18. The number of anilines is 1. The van der Waals surface area contributed by atoms with Gasteiger partial charge in [0.05, 0.1) is 29.1 Å². The van der Waals surface area contributed by atoms with E-state index >= 15 is 0 Å². The molecule has 0 saturated carbocycles. The predicted octanol–water partition coefficient (Wildman–Crippen LogP) is 2.35. The van der Waals surface area contributed by atoms with Gasteiger partial charge in [0.25, 0.3) is 0 Å². The number of hydrogen-bond acceptors (Lipinski definition) is 4. The number of aromatic amines is 1. The highest BCUT2D eigenvalue weighted by Gasteiger charge is 2.10. The SMILES string of the molecule is Cc1ncsc1C(C)Nc1cn[nH]c1. The van der Waals surface area contributed by atoms with E-state index in [0.717, 1.165) is 11.4 Å². The van der Waals surface area contributed by atoms with Crippen molar-refractivity contribution in [1.29, 1.82) is 0 Å². The van der Waals surface area contributed by atoms with E-state index in [0.29, 0.717) is 0 Å². The van der Waals surface area contributed by atoms with Crippen LogP contribution in [0, 0.1) is 6.92 Å². The van der Waals surface area contributed by atoms with Gasteiger partial charge in [0.15, 0.2) is 0 Å². The first-order valence-corrected chi connectivity index (χ1v) is 5.30. The lowest BCUT2D eigenvalue weighted by molar-refractivity contribution is 0.891. The summed E-state index contributed by atoms with van der Waals surface area (Å²) < 4.78 is 0. The molecule has 0 spiro atoms. The maximum atomic E-state index is 4.22. The summed E-state index contributed by atoms with van der Waals surface area (Å²) in [5.41, 5.74) is 3.97. The van der Waals surface area contributed by atoms with Gasteiger partial charge in [0.1, 0.15) is 0 Å². The van der Waals surface area contributed by atoms with E-state index in [2.05, 4.69) is 27.4 Å². The van der Waals surface area contributed by atoms with Gasteiger partial charge in [0.2, 0.25) is 0 Å². The number of nitrogens with zero attached hydrogens (tertiary/aromatic N) is 2. The van der Waals surface area contributed by atoms with E-state index in [1.807, 2.05) is 18.6 Å².